The molecule has 1 amide bonds. The second kappa shape index (κ2) is 8.23. The van der Waals surface area contributed by atoms with Gasteiger partial charge in [0.25, 0.3) is 5.91 Å². The normalized spacial score (nSPS) is 15.9. The molecule has 0 bridgehead atoms. The lowest BCUT2D eigenvalue weighted by molar-refractivity contribution is 0.0697. The molecule has 3 rings (SSSR count). The molecule has 0 aromatic heterocycles. The molecule has 0 saturated carbocycles. The van der Waals surface area contributed by atoms with Gasteiger partial charge in [-0.3, -0.25) is 4.79 Å². The van der Waals surface area contributed by atoms with Crippen molar-refractivity contribution in [1.82, 2.24) is 9.21 Å². The summed E-state index contributed by atoms with van der Waals surface area (Å²) >= 11 is 0. The highest BCUT2D eigenvalue weighted by Crippen LogP contribution is 2.20. The average Bonchev–Trinajstić information content (AvgIpc) is 2.69. The van der Waals surface area contributed by atoms with E-state index in [-0.39, 0.29) is 17.3 Å². The molecule has 0 N–H and O–H groups in total. The Morgan fingerprint density at radius 2 is 1.63 bits per heavy atom. The van der Waals surface area contributed by atoms with Crippen molar-refractivity contribution in [1.29, 1.82) is 0 Å². The van der Waals surface area contributed by atoms with Crippen molar-refractivity contribution in [3.05, 3.63) is 65.7 Å². The van der Waals surface area contributed by atoms with Crippen LogP contribution in [0.25, 0.3) is 0 Å². The zero-order valence-electron chi connectivity index (χ0n) is 15.8. The lowest BCUT2D eigenvalue weighted by atomic mass is 9.98. The number of likely N-dealkylation sites (tertiary alicyclic amines) is 1. The topological polar surface area (TPSA) is 57.7 Å². The maximum absolute atomic E-state index is 12.6. The fourth-order valence-corrected chi connectivity index (χ4v) is 4.44. The van der Waals surface area contributed by atoms with Crippen LogP contribution in [0.15, 0.2) is 59.5 Å². The Bertz CT molecular complexity index is 871. The molecular formula is C21H26N2O3S. The maximum atomic E-state index is 12.6. The Balaban J connectivity index is 1.66. The molecular weight excluding hydrogens is 360 g/mol. The van der Waals surface area contributed by atoms with E-state index < -0.39 is 10.0 Å². The predicted octanol–water partition coefficient (Wildman–Crippen LogP) is 3.38. The zero-order valence-corrected chi connectivity index (χ0v) is 16.7. The van der Waals surface area contributed by atoms with Crippen LogP contribution < -0.4 is 0 Å². The van der Waals surface area contributed by atoms with E-state index >= 15 is 0 Å². The number of amides is 1. The van der Waals surface area contributed by atoms with E-state index in [0.717, 1.165) is 31.5 Å². The third-order valence-electron chi connectivity index (χ3n) is 5.13. The van der Waals surface area contributed by atoms with Gasteiger partial charge in [0, 0.05) is 32.2 Å². The summed E-state index contributed by atoms with van der Waals surface area (Å²) in [6, 6.07) is 15.6. The van der Waals surface area contributed by atoms with Crippen molar-refractivity contribution in [2.75, 3.05) is 20.1 Å². The van der Waals surface area contributed by atoms with Crippen molar-refractivity contribution in [2.45, 2.75) is 31.2 Å². The van der Waals surface area contributed by atoms with E-state index in [1.807, 2.05) is 17.0 Å². The first-order valence-electron chi connectivity index (χ1n) is 9.27. The lowest BCUT2D eigenvalue weighted by Gasteiger charge is -2.30. The first-order chi connectivity index (χ1) is 12.9. The molecule has 1 heterocycles. The van der Waals surface area contributed by atoms with Crippen LogP contribution in [0.1, 0.15) is 35.7 Å². The third-order valence-corrected chi connectivity index (χ3v) is 6.95. The van der Waals surface area contributed by atoms with Gasteiger partial charge in [0.1, 0.15) is 0 Å². The predicted molar refractivity (Wildman–Crippen MR) is 106 cm³/mol. The molecule has 2 aromatic carbocycles. The zero-order chi connectivity index (χ0) is 19.4. The van der Waals surface area contributed by atoms with Crippen LogP contribution in [0.4, 0.5) is 0 Å². The fraction of sp³-hybridized carbons (Fsp3) is 0.381. The summed E-state index contributed by atoms with van der Waals surface area (Å²) < 4.78 is 26.5. The second-order valence-electron chi connectivity index (χ2n) is 7.25. The highest BCUT2D eigenvalue weighted by Gasteiger charge is 2.22. The molecule has 144 valence electrons. The Hall–Kier alpha value is -2.18. The molecule has 5 nitrogen and oxygen atoms in total. The highest BCUT2D eigenvalue weighted by molar-refractivity contribution is 7.89. The van der Waals surface area contributed by atoms with Crippen molar-refractivity contribution >= 4 is 15.9 Å². The quantitative estimate of drug-likeness (QED) is 0.792. The molecule has 1 aliphatic heterocycles. The molecule has 0 radical (unpaired) electrons. The summed E-state index contributed by atoms with van der Waals surface area (Å²) in [4.78, 5) is 14.8. The largest absolute Gasteiger partial charge is 0.339 e. The van der Waals surface area contributed by atoms with E-state index in [1.54, 1.807) is 49.5 Å². The maximum Gasteiger partial charge on any atom is 0.253 e. The summed E-state index contributed by atoms with van der Waals surface area (Å²) in [5.41, 5.74) is 1.50. The van der Waals surface area contributed by atoms with Crippen LogP contribution in [-0.4, -0.2) is 43.7 Å². The Morgan fingerprint density at radius 3 is 2.22 bits per heavy atom. The number of benzene rings is 2. The van der Waals surface area contributed by atoms with Crippen LogP contribution in [-0.2, 0) is 16.6 Å². The van der Waals surface area contributed by atoms with Crippen LogP contribution in [0.3, 0.4) is 0 Å². The number of piperidine rings is 1. The van der Waals surface area contributed by atoms with Gasteiger partial charge in [-0.15, -0.1) is 0 Å². The molecule has 1 saturated heterocycles. The van der Waals surface area contributed by atoms with Crippen LogP contribution in [0, 0.1) is 5.92 Å². The molecule has 0 spiro atoms. The van der Waals surface area contributed by atoms with E-state index in [2.05, 4.69) is 6.92 Å². The van der Waals surface area contributed by atoms with Gasteiger partial charge in [0.15, 0.2) is 0 Å². The molecule has 1 fully saturated rings. The fourth-order valence-electron chi connectivity index (χ4n) is 3.26. The number of hydrogen-bond donors (Lipinski definition) is 0. The Morgan fingerprint density at radius 1 is 1.04 bits per heavy atom. The van der Waals surface area contributed by atoms with Gasteiger partial charge >= 0.3 is 0 Å². The molecule has 1 aliphatic rings. The third kappa shape index (κ3) is 4.57. The summed E-state index contributed by atoms with van der Waals surface area (Å²) in [6.45, 7) is 4.09. The van der Waals surface area contributed by atoms with E-state index in [4.69, 9.17) is 0 Å². The van der Waals surface area contributed by atoms with Crippen molar-refractivity contribution in [3.63, 3.8) is 0 Å². The Kier molecular flexibility index (Phi) is 5.97. The van der Waals surface area contributed by atoms with Crippen LogP contribution >= 0.6 is 0 Å². The molecule has 0 atom stereocenters. The minimum Gasteiger partial charge on any atom is -0.339 e. The van der Waals surface area contributed by atoms with Crippen molar-refractivity contribution in [2.24, 2.45) is 5.92 Å². The van der Waals surface area contributed by atoms with Gasteiger partial charge in [0.2, 0.25) is 10.0 Å². The number of sulfonamides is 1. The first kappa shape index (κ1) is 19.6. The molecule has 0 aliphatic carbocycles. The summed E-state index contributed by atoms with van der Waals surface area (Å²) in [7, 11) is -1.96. The minimum atomic E-state index is -3.53. The summed E-state index contributed by atoms with van der Waals surface area (Å²) in [5, 5.41) is 0. The molecule has 0 unspecified atom stereocenters. The molecule has 6 heteroatoms. The molecule has 2 aromatic rings. The summed E-state index contributed by atoms with van der Waals surface area (Å²) in [6.07, 6.45) is 2.10. The number of carbonyl (C=O) groups excluding carboxylic acids is 1. The van der Waals surface area contributed by atoms with E-state index in [1.165, 1.54) is 4.31 Å². The van der Waals surface area contributed by atoms with Crippen LogP contribution in [0.2, 0.25) is 0 Å². The van der Waals surface area contributed by atoms with E-state index in [0.29, 0.717) is 11.5 Å². The highest BCUT2D eigenvalue weighted by atomic mass is 32.2. The monoisotopic (exact) mass is 386 g/mol. The number of carbonyl (C=O) groups is 1. The minimum absolute atomic E-state index is 0.0544. The van der Waals surface area contributed by atoms with Gasteiger partial charge in [-0.1, -0.05) is 37.3 Å². The lowest BCUT2D eigenvalue weighted by Crippen LogP contribution is -2.37. The van der Waals surface area contributed by atoms with Crippen LogP contribution in [0.5, 0.6) is 0 Å². The smallest absolute Gasteiger partial charge is 0.253 e. The van der Waals surface area contributed by atoms with Gasteiger partial charge in [0.05, 0.1) is 4.90 Å². The molecule has 27 heavy (non-hydrogen) atoms. The average molecular weight is 387 g/mol. The number of hydrogen-bond acceptors (Lipinski definition) is 3. The van der Waals surface area contributed by atoms with Gasteiger partial charge in [-0.25, -0.2) is 8.42 Å². The SMILES string of the molecule is CC1CCN(C(=O)c2ccc(CN(C)S(=O)(=O)c3ccccc3)cc2)CC1. The second-order valence-corrected chi connectivity index (χ2v) is 9.29. The first-order valence-corrected chi connectivity index (χ1v) is 10.7. The number of nitrogens with zero attached hydrogens (tertiary/aromatic N) is 2. The van der Waals surface area contributed by atoms with Gasteiger partial charge in [-0.2, -0.15) is 4.31 Å². The van der Waals surface area contributed by atoms with Gasteiger partial charge in [-0.05, 0) is 48.6 Å². The standard InChI is InChI=1S/C21H26N2O3S/c1-17-12-14-23(15-13-17)21(24)19-10-8-18(9-11-19)16-22(2)27(25,26)20-6-4-3-5-7-20/h3-11,17H,12-16H2,1-2H3. The summed E-state index contributed by atoms with van der Waals surface area (Å²) in [5.74, 6) is 0.734. The van der Waals surface area contributed by atoms with E-state index in [9.17, 15) is 13.2 Å². The number of rotatable bonds is 5. The van der Waals surface area contributed by atoms with Gasteiger partial charge < -0.3 is 4.90 Å². The van der Waals surface area contributed by atoms with Crippen molar-refractivity contribution < 1.29 is 13.2 Å². The van der Waals surface area contributed by atoms with Crippen molar-refractivity contribution in [3.8, 4) is 0 Å². The Labute approximate surface area is 161 Å².